The highest BCUT2D eigenvalue weighted by atomic mass is 32.2. The van der Waals surface area contributed by atoms with Gasteiger partial charge in [-0.2, -0.15) is 0 Å². The molecule has 0 aliphatic carbocycles. The number of halogens is 1. The highest BCUT2D eigenvalue weighted by molar-refractivity contribution is 7.92. The summed E-state index contributed by atoms with van der Waals surface area (Å²) in [4.78, 5) is 13.0. The minimum absolute atomic E-state index is 0.0115. The molecule has 1 atom stereocenters. The normalized spacial score (nSPS) is 12.2. The van der Waals surface area contributed by atoms with Crippen molar-refractivity contribution in [1.82, 2.24) is 5.32 Å². The quantitative estimate of drug-likeness (QED) is 0.569. The average molecular weight is 427 g/mol. The van der Waals surface area contributed by atoms with E-state index in [0.29, 0.717) is 6.42 Å². The maximum atomic E-state index is 13.9. The predicted molar refractivity (Wildman–Crippen MR) is 115 cm³/mol. The molecule has 1 amide bonds. The van der Waals surface area contributed by atoms with E-state index >= 15 is 0 Å². The lowest BCUT2D eigenvalue weighted by atomic mass is 10.0. The van der Waals surface area contributed by atoms with Gasteiger partial charge in [-0.3, -0.25) is 9.52 Å². The Balaban J connectivity index is 1.89. The Morgan fingerprint density at radius 1 is 1.00 bits per heavy atom. The van der Waals surface area contributed by atoms with Crippen LogP contribution >= 0.6 is 0 Å². The number of benzene rings is 3. The molecule has 0 unspecified atom stereocenters. The first kappa shape index (κ1) is 21.5. The fraction of sp³-hybridized carbons (Fsp3) is 0.174. The Morgan fingerprint density at radius 3 is 2.30 bits per heavy atom. The van der Waals surface area contributed by atoms with E-state index in [9.17, 15) is 17.6 Å². The SMILES string of the molecule is CC[C@H](NC(=O)c1cc(F)ccc1NS(=O)(=O)c1ccc(C)cc1)c1ccccc1. The molecule has 0 heterocycles. The third kappa shape index (κ3) is 5.04. The lowest BCUT2D eigenvalue weighted by Gasteiger charge is -2.19. The Morgan fingerprint density at radius 2 is 1.67 bits per heavy atom. The zero-order chi connectivity index (χ0) is 21.7. The van der Waals surface area contributed by atoms with Crippen LogP contribution < -0.4 is 10.0 Å². The number of anilines is 1. The van der Waals surface area contributed by atoms with Gasteiger partial charge in [-0.15, -0.1) is 0 Å². The van der Waals surface area contributed by atoms with Gasteiger partial charge in [0.1, 0.15) is 5.82 Å². The largest absolute Gasteiger partial charge is 0.345 e. The van der Waals surface area contributed by atoms with Gasteiger partial charge in [0.15, 0.2) is 0 Å². The van der Waals surface area contributed by atoms with E-state index in [1.165, 1.54) is 18.2 Å². The highest BCUT2D eigenvalue weighted by Crippen LogP contribution is 2.24. The number of nitrogens with one attached hydrogen (secondary N) is 2. The van der Waals surface area contributed by atoms with Crippen LogP contribution in [0.4, 0.5) is 10.1 Å². The molecule has 0 spiro atoms. The van der Waals surface area contributed by atoms with Crippen LogP contribution in [0.5, 0.6) is 0 Å². The molecule has 0 fully saturated rings. The van der Waals surface area contributed by atoms with Crippen LogP contribution in [0.1, 0.15) is 40.9 Å². The topological polar surface area (TPSA) is 75.3 Å². The number of aryl methyl sites for hydroxylation is 1. The molecule has 3 aromatic carbocycles. The van der Waals surface area contributed by atoms with Gasteiger partial charge in [0.05, 0.1) is 22.2 Å². The van der Waals surface area contributed by atoms with Crippen molar-refractivity contribution in [2.24, 2.45) is 0 Å². The Bertz CT molecular complexity index is 1130. The lowest BCUT2D eigenvalue weighted by molar-refractivity contribution is 0.0936. The zero-order valence-corrected chi connectivity index (χ0v) is 17.5. The first-order valence-electron chi connectivity index (χ1n) is 9.55. The van der Waals surface area contributed by atoms with Crippen LogP contribution in [-0.2, 0) is 10.0 Å². The summed E-state index contributed by atoms with van der Waals surface area (Å²) in [5.41, 5.74) is 1.76. The minimum Gasteiger partial charge on any atom is -0.345 e. The van der Waals surface area contributed by atoms with E-state index in [-0.39, 0.29) is 22.2 Å². The second-order valence-corrected chi connectivity index (χ2v) is 8.64. The van der Waals surface area contributed by atoms with E-state index in [4.69, 9.17) is 0 Å². The van der Waals surface area contributed by atoms with E-state index in [1.807, 2.05) is 44.2 Å². The predicted octanol–water partition coefficient (Wildman–Crippen LogP) is 4.82. The minimum atomic E-state index is -3.94. The number of hydrogen-bond donors (Lipinski definition) is 2. The average Bonchev–Trinajstić information content (AvgIpc) is 2.74. The Kier molecular flexibility index (Phi) is 6.52. The first-order valence-corrected chi connectivity index (χ1v) is 11.0. The maximum absolute atomic E-state index is 13.9. The van der Waals surface area contributed by atoms with Crippen LogP contribution in [0.2, 0.25) is 0 Å². The number of carbonyl (C=O) groups is 1. The molecule has 3 aromatic rings. The first-order chi connectivity index (χ1) is 14.3. The number of rotatable bonds is 7. The molecule has 156 valence electrons. The van der Waals surface area contributed by atoms with Crippen molar-refractivity contribution in [3.8, 4) is 0 Å². The van der Waals surface area contributed by atoms with Crippen molar-refractivity contribution in [3.05, 3.63) is 95.3 Å². The third-order valence-corrected chi connectivity index (χ3v) is 6.10. The molecular formula is C23H23FN2O3S. The van der Waals surface area contributed by atoms with Gasteiger partial charge in [-0.25, -0.2) is 12.8 Å². The van der Waals surface area contributed by atoms with E-state index in [0.717, 1.165) is 23.3 Å². The molecule has 30 heavy (non-hydrogen) atoms. The van der Waals surface area contributed by atoms with Gasteiger partial charge in [-0.1, -0.05) is 55.0 Å². The van der Waals surface area contributed by atoms with Crippen molar-refractivity contribution in [3.63, 3.8) is 0 Å². The number of hydrogen-bond acceptors (Lipinski definition) is 3. The molecule has 0 radical (unpaired) electrons. The van der Waals surface area contributed by atoms with Crippen molar-refractivity contribution in [1.29, 1.82) is 0 Å². The van der Waals surface area contributed by atoms with Crippen molar-refractivity contribution < 1.29 is 17.6 Å². The van der Waals surface area contributed by atoms with Crippen LogP contribution in [-0.4, -0.2) is 14.3 Å². The van der Waals surface area contributed by atoms with Crippen LogP contribution in [0.3, 0.4) is 0 Å². The maximum Gasteiger partial charge on any atom is 0.261 e. The Hall–Kier alpha value is -3.19. The summed E-state index contributed by atoms with van der Waals surface area (Å²) in [6, 6.07) is 18.8. The summed E-state index contributed by atoms with van der Waals surface area (Å²) >= 11 is 0. The summed E-state index contributed by atoms with van der Waals surface area (Å²) in [7, 11) is -3.94. The smallest absolute Gasteiger partial charge is 0.261 e. The second-order valence-electron chi connectivity index (χ2n) is 6.95. The molecule has 5 nitrogen and oxygen atoms in total. The molecule has 0 aliphatic heterocycles. The van der Waals surface area contributed by atoms with E-state index in [1.54, 1.807) is 12.1 Å². The molecule has 0 saturated heterocycles. The summed E-state index contributed by atoms with van der Waals surface area (Å²) < 4.78 is 41.8. The molecule has 0 saturated carbocycles. The standard InChI is InChI=1S/C23H23FN2O3S/c1-3-21(17-7-5-4-6-8-17)25-23(27)20-15-18(24)11-14-22(20)26-30(28,29)19-12-9-16(2)10-13-19/h4-15,21,26H,3H2,1-2H3,(H,25,27)/t21-/m0/s1. The van der Waals surface area contributed by atoms with Gasteiger partial charge in [0, 0.05) is 0 Å². The fourth-order valence-electron chi connectivity index (χ4n) is 3.06. The number of amides is 1. The van der Waals surface area contributed by atoms with E-state index < -0.39 is 21.7 Å². The zero-order valence-electron chi connectivity index (χ0n) is 16.7. The van der Waals surface area contributed by atoms with Gasteiger partial charge in [-0.05, 0) is 49.2 Å². The Labute approximate surface area is 176 Å². The monoisotopic (exact) mass is 426 g/mol. The molecule has 0 aromatic heterocycles. The number of carbonyl (C=O) groups excluding carboxylic acids is 1. The summed E-state index contributed by atoms with van der Waals surface area (Å²) in [5.74, 6) is -1.20. The third-order valence-electron chi connectivity index (χ3n) is 4.72. The number of sulfonamides is 1. The molecular weight excluding hydrogens is 403 g/mol. The summed E-state index contributed by atoms with van der Waals surface area (Å²) in [6.07, 6.45) is 0.621. The lowest BCUT2D eigenvalue weighted by Crippen LogP contribution is -2.29. The second kappa shape index (κ2) is 9.09. The van der Waals surface area contributed by atoms with Crippen molar-refractivity contribution in [2.75, 3.05) is 4.72 Å². The molecule has 3 rings (SSSR count). The molecule has 0 aliphatic rings. The summed E-state index contributed by atoms with van der Waals surface area (Å²) in [6.45, 7) is 3.77. The fourth-order valence-corrected chi connectivity index (χ4v) is 4.14. The van der Waals surface area contributed by atoms with Gasteiger partial charge in [0.2, 0.25) is 0 Å². The van der Waals surface area contributed by atoms with Gasteiger partial charge >= 0.3 is 0 Å². The van der Waals surface area contributed by atoms with E-state index in [2.05, 4.69) is 10.0 Å². The summed E-state index contributed by atoms with van der Waals surface area (Å²) in [5, 5.41) is 2.86. The van der Waals surface area contributed by atoms with Crippen LogP contribution in [0.15, 0.2) is 77.7 Å². The van der Waals surface area contributed by atoms with Crippen molar-refractivity contribution in [2.45, 2.75) is 31.2 Å². The van der Waals surface area contributed by atoms with Crippen LogP contribution in [0.25, 0.3) is 0 Å². The van der Waals surface area contributed by atoms with Crippen LogP contribution in [0, 0.1) is 12.7 Å². The van der Waals surface area contributed by atoms with Gasteiger partial charge in [0.25, 0.3) is 15.9 Å². The highest BCUT2D eigenvalue weighted by Gasteiger charge is 2.21. The molecule has 0 bridgehead atoms. The molecule has 7 heteroatoms. The van der Waals surface area contributed by atoms with Crippen molar-refractivity contribution >= 4 is 21.6 Å². The molecule has 2 N–H and O–H groups in total. The van der Waals surface area contributed by atoms with Gasteiger partial charge < -0.3 is 5.32 Å².